The summed E-state index contributed by atoms with van der Waals surface area (Å²) in [4.78, 5) is 30.1. The van der Waals surface area contributed by atoms with Crippen molar-refractivity contribution >= 4 is 23.2 Å². The summed E-state index contributed by atoms with van der Waals surface area (Å²) in [5, 5.41) is 12.2. The fraction of sp³-hybridized carbons (Fsp3) is 0.353. The minimum atomic E-state index is -1.02. The Kier molecular flexibility index (Phi) is 4.43. The number of hydrogen-bond donors (Lipinski definition) is 1. The third-order valence-corrected chi connectivity index (χ3v) is 5.18. The number of hydrogen-bond acceptors (Lipinski definition) is 4. The number of likely N-dealkylation sites (tertiary alicyclic amines) is 1. The number of amides is 1. The third kappa shape index (κ3) is 3.42. The van der Waals surface area contributed by atoms with E-state index in [2.05, 4.69) is 4.98 Å². The van der Waals surface area contributed by atoms with Crippen molar-refractivity contribution in [3.05, 3.63) is 51.5 Å². The zero-order valence-corrected chi connectivity index (χ0v) is 13.7. The largest absolute Gasteiger partial charge is 0.478 e. The van der Waals surface area contributed by atoms with Crippen molar-refractivity contribution in [3.8, 4) is 0 Å². The molecule has 1 fully saturated rings. The Labute approximate surface area is 138 Å². The molecular formula is C17H18N2O3S. The quantitative estimate of drug-likeness (QED) is 0.938. The van der Waals surface area contributed by atoms with Gasteiger partial charge in [-0.2, -0.15) is 0 Å². The molecule has 1 aliphatic rings. The van der Waals surface area contributed by atoms with E-state index < -0.39 is 5.97 Å². The highest BCUT2D eigenvalue weighted by atomic mass is 32.1. The average molecular weight is 330 g/mol. The van der Waals surface area contributed by atoms with Crippen molar-refractivity contribution in [2.75, 3.05) is 13.1 Å². The topological polar surface area (TPSA) is 70.5 Å². The molecule has 1 aliphatic heterocycles. The summed E-state index contributed by atoms with van der Waals surface area (Å²) >= 11 is 1.65. The van der Waals surface area contributed by atoms with Gasteiger partial charge in [-0.1, -0.05) is 6.07 Å². The summed E-state index contributed by atoms with van der Waals surface area (Å²) < 4.78 is 0. The number of benzene rings is 1. The number of thiazole rings is 1. The molecule has 0 bridgehead atoms. The first-order chi connectivity index (χ1) is 11.0. The van der Waals surface area contributed by atoms with Crippen LogP contribution in [0.3, 0.4) is 0 Å². The fourth-order valence-electron chi connectivity index (χ4n) is 2.89. The van der Waals surface area contributed by atoms with Gasteiger partial charge < -0.3 is 10.0 Å². The molecule has 0 spiro atoms. The number of carbonyl (C=O) groups is 2. The van der Waals surface area contributed by atoms with Crippen LogP contribution in [-0.2, 0) is 0 Å². The van der Waals surface area contributed by atoms with Crippen molar-refractivity contribution in [2.45, 2.75) is 25.7 Å². The van der Waals surface area contributed by atoms with Gasteiger partial charge in [0.05, 0.1) is 10.6 Å². The number of nitrogens with zero attached hydrogens (tertiary/aromatic N) is 2. The van der Waals surface area contributed by atoms with Crippen molar-refractivity contribution in [3.63, 3.8) is 0 Å². The summed E-state index contributed by atoms with van der Waals surface area (Å²) in [6.07, 6.45) is 1.97. The maximum atomic E-state index is 12.7. The number of piperidine rings is 1. The van der Waals surface area contributed by atoms with E-state index in [1.54, 1.807) is 23.5 Å². The maximum Gasteiger partial charge on any atom is 0.335 e. The van der Waals surface area contributed by atoms with E-state index in [9.17, 15) is 9.59 Å². The van der Waals surface area contributed by atoms with Crippen molar-refractivity contribution in [1.82, 2.24) is 9.88 Å². The molecule has 2 heterocycles. The van der Waals surface area contributed by atoms with Crippen LogP contribution in [0.15, 0.2) is 29.6 Å². The molecule has 1 aromatic heterocycles. The highest BCUT2D eigenvalue weighted by Crippen LogP contribution is 2.29. The Hall–Kier alpha value is -2.21. The molecule has 3 rings (SSSR count). The monoisotopic (exact) mass is 330 g/mol. The van der Waals surface area contributed by atoms with E-state index >= 15 is 0 Å². The minimum Gasteiger partial charge on any atom is -0.478 e. The lowest BCUT2D eigenvalue weighted by molar-refractivity contribution is 0.0697. The van der Waals surface area contributed by atoms with Gasteiger partial charge in [0.1, 0.15) is 0 Å². The average Bonchev–Trinajstić information content (AvgIpc) is 3.01. The number of carboxylic acids is 1. The Balaban J connectivity index is 1.77. The molecule has 120 valence electrons. The highest BCUT2D eigenvalue weighted by Gasteiger charge is 2.27. The van der Waals surface area contributed by atoms with Gasteiger partial charge in [0.15, 0.2) is 0 Å². The number of carbonyl (C=O) groups excluding carboxylic acids is 1. The molecule has 5 nitrogen and oxygen atoms in total. The number of aromatic nitrogens is 1. The predicted molar refractivity (Wildman–Crippen MR) is 88.1 cm³/mol. The van der Waals surface area contributed by atoms with Gasteiger partial charge in [-0.05, 0) is 38.0 Å². The lowest BCUT2D eigenvalue weighted by atomic mass is 9.97. The van der Waals surface area contributed by atoms with Gasteiger partial charge in [-0.25, -0.2) is 9.78 Å². The Morgan fingerprint density at radius 3 is 2.83 bits per heavy atom. The van der Waals surface area contributed by atoms with Crippen LogP contribution in [-0.4, -0.2) is 40.0 Å². The van der Waals surface area contributed by atoms with Crippen molar-refractivity contribution in [1.29, 1.82) is 0 Å². The molecule has 0 radical (unpaired) electrons. The summed E-state index contributed by atoms with van der Waals surface area (Å²) in [5.74, 6) is -0.852. The lowest BCUT2D eigenvalue weighted by Gasteiger charge is -2.32. The van der Waals surface area contributed by atoms with Gasteiger partial charge in [0.2, 0.25) is 0 Å². The van der Waals surface area contributed by atoms with E-state index in [0.717, 1.165) is 23.5 Å². The summed E-state index contributed by atoms with van der Waals surface area (Å²) in [6, 6.07) is 6.23. The van der Waals surface area contributed by atoms with Gasteiger partial charge in [-0.15, -0.1) is 11.3 Å². The second-order valence-corrected chi connectivity index (χ2v) is 6.69. The smallest absolute Gasteiger partial charge is 0.335 e. The molecule has 1 unspecified atom stereocenters. The Morgan fingerprint density at radius 2 is 2.13 bits per heavy atom. The van der Waals surface area contributed by atoms with Gasteiger partial charge in [0.25, 0.3) is 5.91 Å². The summed E-state index contributed by atoms with van der Waals surface area (Å²) in [7, 11) is 0. The molecule has 6 heteroatoms. The van der Waals surface area contributed by atoms with Crippen LogP contribution in [0.4, 0.5) is 0 Å². The van der Waals surface area contributed by atoms with E-state index in [1.807, 2.05) is 17.2 Å². The van der Waals surface area contributed by atoms with Gasteiger partial charge in [0, 0.05) is 35.6 Å². The highest BCUT2D eigenvalue weighted by molar-refractivity contribution is 7.09. The lowest BCUT2D eigenvalue weighted by Crippen LogP contribution is -2.39. The third-order valence-electron chi connectivity index (χ3n) is 4.05. The molecule has 1 aromatic carbocycles. The number of carboxylic acid groups (broad SMARTS) is 1. The van der Waals surface area contributed by atoms with Gasteiger partial charge >= 0.3 is 5.97 Å². The first-order valence-corrected chi connectivity index (χ1v) is 8.47. The van der Waals surface area contributed by atoms with E-state index in [0.29, 0.717) is 18.7 Å². The molecular weight excluding hydrogens is 312 g/mol. The molecule has 1 amide bonds. The van der Waals surface area contributed by atoms with Crippen LogP contribution in [0.2, 0.25) is 0 Å². The Morgan fingerprint density at radius 1 is 1.35 bits per heavy atom. The standard InChI is InChI=1S/C17H18N2O3S/c1-11-10-23-15(18-11)14-6-3-7-19(9-14)16(20)12-4-2-5-13(8-12)17(21)22/h2,4-5,8,10,14H,3,6-7,9H2,1H3,(H,21,22). The maximum absolute atomic E-state index is 12.7. The van der Waals surface area contributed by atoms with Crippen LogP contribution < -0.4 is 0 Å². The summed E-state index contributed by atoms with van der Waals surface area (Å²) in [5.41, 5.74) is 1.59. The van der Waals surface area contributed by atoms with Crippen LogP contribution in [0.5, 0.6) is 0 Å². The predicted octanol–water partition coefficient (Wildman–Crippen LogP) is 3.17. The fourth-order valence-corrected chi connectivity index (χ4v) is 3.82. The van der Waals surface area contributed by atoms with Crippen LogP contribution in [0, 0.1) is 6.92 Å². The molecule has 2 aromatic rings. The number of rotatable bonds is 3. The molecule has 0 aliphatic carbocycles. The van der Waals surface area contributed by atoms with E-state index in [1.165, 1.54) is 12.1 Å². The Bertz CT molecular complexity index is 741. The van der Waals surface area contributed by atoms with Crippen molar-refractivity contribution in [2.24, 2.45) is 0 Å². The summed E-state index contributed by atoms with van der Waals surface area (Å²) in [6.45, 7) is 3.32. The molecule has 1 saturated heterocycles. The van der Waals surface area contributed by atoms with E-state index in [-0.39, 0.29) is 17.4 Å². The first-order valence-electron chi connectivity index (χ1n) is 7.59. The zero-order valence-electron chi connectivity index (χ0n) is 12.9. The molecule has 23 heavy (non-hydrogen) atoms. The minimum absolute atomic E-state index is 0.105. The SMILES string of the molecule is Cc1csc(C2CCCN(C(=O)c3cccc(C(=O)O)c3)C2)n1. The van der Waals surface area contributed by atoms with Crippen LogP contribution >= 0.6 is 11.3 Å². The second-order valence-electron chi connectivity index (χ2n) is 5.80. The molecule has 1 N–H and O–H groups in total. The van der Waals surface area contributed by atoms with Crippen LogP contribution in [0.25, 0.3) is 0 Å². The number of aryl methyl sites for hydroxylation is 1. The van der Waals surface area contributed by atoms with Crippen molar-refractivity contribution < 1.29 is 14.7 Å². The normalized spacial score (nSPS) is 18.0. The second kappa shape index (κ2) is 6.50. The first kappa shape index (κ1) is 15.7. The molecule has 1 atom stereocenters. The number of aromatic carboxylic acids is 1. The van der Waals surface area contributed by atoms with Gasteiger partial charge in [-0.3, -0.25) is 4.79 Å². The zero-order chi connectivity index (χ0) is 16.4. The van der Waals surface area contributed by atoms with Crippen LogP contribution in [0.1, 0.15) is 50.2 Å². The molecule has 0 saturated carbocycles. The van der Waals surface area contributed by atoms with E-state index in [4.69, 9.17) is 5.11 Å².